The molecule has 7 heteroatoms. The number of carbonyl (C=O) groups excluding carboxylic acids is 1. The molecule has 0 atom stereocenters. The average molecular weight is 426 g/mol. The van der Waals surface area contributed by atoms with Gasteiger partial charge in [0.25, 0.3) is 0 Å². The Kier molecular flexibility index (Phi) is 5.54. The first-order chi connectivity index (χ1) is 14.4. The minimum atomic E-state index is -0.149. The van der Waals surface area contributed by atoms with Crippen LogP contribution in [0.1, 0.15) is 22.4 Å². The quantitative estimate of drug-likeness (QED) is 0.666. The van der Waals surface area contributed by atoms with Gasteiger partial charge in [-0.15, -0.1) is 0 Å². The molecule has 0 saturated carbocycles. The van der Waals surface area contributed by atoms with Crippen LogP contribution >= 0.6 is 11.6 Å². The molecule has 0 bridgehead atoms. The van der Waals surface area contributed by atoms with Crippen molar-refractivity contribution in [3.8, 4) is 5.75 Å². The lowest BCUT2D eigenvalue weighted by Crippen LogP contribution is -2.39. The lowest BCUT2D eigenvalue weighted by Gasteiger charge is -2.28. The van der Waals surface area contributed by atoms with Crippen LogP contribution in [0.5, 0.6) is 5.75 Å². The zero-order chi connectivity index (χ0) is 21.4. The molecule has 0 aliphatic carbocycles. The van der Waals surface area contributed by atoms with Crippen LogP contribution < -0.4 is 15.5 Å². The van der Waals surface area contributed by atoms with Gasteiger partial charge in [-0.2, -0.15) is 0 Å². The monoisotopic (exact) mass is 425 g/mol. The van der Waals surface area contributed by atoms with Crippen molar-refractivity contribution in [3.63, 3.8) is 0 Å². The zero-order valence-electron chi connectivity index (χ0n) is 17.3. The van der Waals surface area contributed by atoms with Crippen LogP contribution in [0.25, 0.3) is 10.9 Å². The minimum absolute atomic E-state index is 0.0533. The molecule has 0 spiro atoms. The van der Waals surface area contributed by atoms with Crippen molar-refractivity contribution in [2.75, 3.05) is 25.5 Å². The molecule has 1 aliphatic heterocycles. The van der Waals surface area contributed by atoms with Crippen LogP contribution in [0.2, 0.25) is 5.02 Å². The van der Waals surface area contributed by atoms with Gasteiger partial charge in [-0.1, -0.05) is 17.7 Å². The lowest BCUT2D eigenvalue weighted by molar-refractivity contribution is -0.117. The molecule has 2 heterocycles. The van der Waals surface area contributed by atoms with Gasteiger partial charge in [-0.25, -0.2) is 0 Å². The average Bonchev–Trinajstić information content (AvgIpc) is 2.69. The standard InChI is InChI=1S/C23H24ClN3O3/c1-13-8-14(2)22-16(9-13)23(29)17-11-27(7-6-19(17)26-22)12-21(28)25-15-4-5-20(30-3)18(24)10-15/h4-5,8-10H,6-7,11-12H2,1-3H3,(H,25,28)(H,26,29). The third-order valence-corrected chi connectivity index (χ3v) is 5.80. The Bertz CT molecular complexity index is 1200. The number of hydrogen-bond donors (Lipinski definition) is 2. The van der Waals surface area contributed by atoms with E-state index in [4.69, 9.17) is 16.3 Å². The maximum atomic E-state index is 13.1. The number of rotatable bonds is 4. The highest BCUT2D eigenvalue weighted by Gasteiger charge is 2.23. The van der Waals surface area contributed by atoms with Gasteiger partial charge in [0.2, 0.25) is 5.91 Å². The summed E-state index contributed by atoms with van der Waals surface area (Å²) in [5.74, 6) is 0.405. The van der Waals surface area contributed by atoms with E-state index in [1.807, 2.05) is 24.8 Å². The number of fused-ring (bicyclic) bond motifs is 2. The second-order valence-electron chi connectivity index (χ2n) is 7.77. The Labute approximate surface area is 179 Å². The summed E-state index contributed by atoms with van der Waals surface area (Å²) in [5.41, 5.74) is 5.43. The van der Waals surface area contributed by atoms with Crippen LogP contribution in [0.3, 0.4) is 0 Å². The molecule has 30 heavy (non-hydrogen) atoms. The molecule has 2 aromatic carbocycles. The number of nitrogens with zero attached hydrogens (tertiary/aromatic N) is 1. The first kappa shape index (κ1) is 20.4. The molecular formula is C23H24ClN3O3. The molecule has 2 N–H and O–H groups in total. The zero-order valence-corrected chi connectivity index (χ0v) is 18.0. The van der Waals surface area contributed by atoms with Crippen molar-refractivity contribution >= 4 is 34.1 Å². The predicted molar refractivity (Wildman–Crippen MR) is 120 cm³/mol. The van der Waals surface area contributed by atoms with E-state index in [1.54, 1.807) is 25.3 Å². The van der Waals surface area contributed by atoms with Crippen LogP contribution in [0.4, 0.5) is 5.69 Å². The van der Waals surface area contributed by atoms with E-state index >= 15 is 0 Å². The van der Waals surface area contributed by atoms with E-state index in [9.17, 15) is 9.59 Å². The van der Waals surface area contributed by atoms with Crippen molar-refractivity contribution in [3.05, 3.63) is 68.0 Å². The summed E-state index contributed by atoms with van der Waals surface area (Å²) >= 11 is 6.12. The summed E-state index contributed by atoms with van der Waals surface area (Å²) in [6.07, 6.45) is 0.704. The van der Waals surface area contributed by atoms with Crippen LogP contribution in [-0.2, 0) is 17.8 Å². The molecular weight excluding hydrogens is 402 g/mol. The number of halogens is 1. The molecule has 1 aromatic heterocycles. The molecule has 4 rings (SSSR count). The van der Waals surface area contributed by atoms with Gasteiger partial charge in [-0.3, -0.25) is 14.5 Å². The van der Waals surface area contributed by atoms with Crippen molar-refractivity contribution in [2.45, 2.75) is 26.8 Å². The van der Waals surface area contributed by atoms with E-state index in [0.29, 0.717) is 41.4 Å². The van der Waals surface area contributed by atoms with Crippen molar-refractivity contribution in [1.29, 1.82) is 0 Å². The van der Waals surface area contributed by atoms with Gasteiger partial charge in [0, 0.05) is 41.8 Å². The van der Waals surface area contributed by atoms with Gasteiger partial charge >= 0.3 is 0 Å². The summed E-state index contributed by atoms with van der Waals surface area (Å²) in [6.45, 7) is 5.36. The molecule has 156 valence electrons. The number of aromatic nitrogens is 1. The molecule has 0 fully saturated rings. The summed E-state index contributed by atoms with van der Waals surface area (Å²) in [5, 5.41) is 4.01. The number of aromatic amines is 1. The molecule has 0 saturated heterocycles. The van der Waals surface area contributed by atoms with Gasteiger partial charge in [-0.05, 0) is 49.2 Å². The maximum absolute atomic E-state index is 13.1. The Hall–Kier alpha value is -2.83. The van der Waals surface area contributed by atoms with E-state index in [-0.39, 0.29) is 17.9 Å². The van der Waals surface area contributed by atoms with Crippen LogP contribution in [-0.4, -0.2) is 36.0 Å². The van der Waals surface area contributed by atoms with Gasteiger partial charge in [0.1, 0.15) is 5.75 Å². The number of hydrogen-bond acceptors (Lipinski definition) is 4. The third kappa shape index (κ3) is 3.93. The number of nitrogens with one attached hydrogen (secondary N) is 2. The largest absolute Gasteiger partial charge is 0.495 e. The van der Waals surface area contributed by atoms with Gasteiger partial charge in [0.15, 0.2) is 5.43 Å². The number of aryl methyl sites for hydroxylation is 2. The highest BCUT2D eigenvalue weighted by Crippen LogP contribution is 2.27. The van der Waals surface area contributed by atoms with Gasteiger partial charge < -0.3 is 15.0 Å². The number of H-pyrrole nitrogens is 1. The van der Waals surface area contributed by atoms with E-state index in [0.717, 1.165) is 27.9 Å². The summed E-state index contributed by atoms with van der Waals surface area (Å²) in [7, 11) is 1.54. The highest BCUT2D eigenvalue weighted by atomic mass is 35.5. The fourth-order valence-electron chi connectivity index (χ4n) is 4.07. The normalized spacial score (nSPS) is 13.9. The molecule has 0 radical (unpaired) electrons. The third-order valence-electron chi connectivity index (χ3n) is 5.50. The fraction of sp³-hybridized carbons (Fsp3) is 0.304. The first-order valence-electron chi connectivity index (χ1n) is 9.86. The molecule has 0 unspecified atom stereocenters. The summed E-state index contributed by atoms with van der Waals surface area (Å²) in [6, 6.07) is 9.13. The molecule has 1 amide bonds. The number of carbonyl (C=O) groups is 1. The van der Waals surface area contributed by atoms with Crippen LogP contribution in [0.15, 0.2) is 35.1 Å². The highest BCUT2D eigenvalue weighted by molar-refractivity contribution is 6.32. The maximum Gasteiger partial charge on any atom is 0.238 e. The Balaban J connectivity index is 1.51. The van der Waals surface area contributed by atoms with Crippen molar-refractivity contribution in [1.82, 2.24) is 9.88 Å². The smallest absolute Gasteiger partial charge is 0.238 e. The Morgan fingerprint density at radius 1 is 1.27 bits per heavy atom. The predicted octanol–water partition coefficient (Wildman–Crippen LogP) is 3.80. The number of anilines is 1. The number of pyridine rings is 1. The minimum Gasteiger partial charge on any atom is -0.495 e. The second-order valence-corrected chi connectivity index (χ2v) is 8.18. The first-order valence-corrected chi connectivity index (χ1v) is 10.2. The number of methoxy groups -OCH3 is 1. The van der Waals surface area contributed by atoms with Crippen molar-refractivity contribution in [2.24, 2.45) is 0 Å². The fourth-order valence-corrected chi connectivity index (χ4v) is 4.33. The van der Waals surface area contributed by atoms with E-state index in [1.165, 1.54) is 0 Å². The number of amides is 1. The number of ether oxygens (including phenoxy) is 1. The van der Waals surface area contributed by atoms with Gasteiger partial charge in [0.05, 0.1) is 24.2 Å². The molecule has 1 aliphatic rings. The SMILES string of the molecule is COc1ccc(NC(=O)CN2CCc3[nH]c4c(C)cc(C)cc4c(=O)c3C2)cc1Cl. The summed E-state index contributed by atoms with van der Waals surface area (Å²) < 4.78 is 5.13. The molecule has 3 aromatic rings. The lowest BCUT2D eigenvalue weighted by atomic mass is 9.99. The van der Waals surface area contributed by atoms with E-state index in [2.05, 4.69) is 16.4 Å². The van der Waals surface area contributed by atoms with E-state index < -0.39 is 0 Å². The Morgan fingerprint density at radius 2 is 2.07 bits per heavy atom. The second kappa shape index (κ2) is 8.13. The summed E-state index contributed by atoms with van der Waals surface area (Å²) in [4.78, 5) is 31.1. The van der Waals surface area contributed by atoms with Crippen molar-refractivity contribution < 1.29 is 9.53 Å². The number of benzene rings is 2. The van der Waals surface area contributed by atoms with Crippen LogP contribution in [0, 0.1) is 13.8 Å². The Morgan fingerprint density at radius 3 is 2.80 bits per heavy atom. The topological polar surface area (TPSA) is 74.4 Å². The molecule has 6 nitrogen and oxygen atoms in total.